The van der Waals surface area contributed by atoms with E-state index in [0.29, 0.717) is 11.5 Å². The third kappa shape index (κ3) is 5.06. The summed E-state index contributed by atoms with van der Waals surface area (Å²) in [5, 5.41) is 18.5. The fraction of sp³-hybridized carbons (Fsp3) is 0.133. The molecular formula is C15H12I3NO4. The first kappa shape index (κ1) is 19.0. The Labute approximate surface area is 174 Å². The van der Waals surface area contributed by atoms with E-state index >= 15 is 0 Å². The number of ether oxygens (including phenoxy) is 1. The number of aliphatic carboxylic acids is 1. The largest absolute Gasteiger partial charge is 0.508 e. The Kier molecular flexibility index (Phi) is 6.35. The molecule has 0 aliphatic rings. The predicted octanol–water partition coefficient (Wildman–Crippen LogP) is 4.11. The van der Waals surface area contributed by atoms with Gasteiger partial charge in [0.05, 0.1) is 3.57 Å². The van der Waals surface area contributed by atoms with E-state index in [4.69, 9.17) is 15.6 Å². The van der Waals surface area contributed by atoms with Gasteiger partial charge in [-0.05, 0) is 104 Å². The van der Waals surface area contributed by atoms with E-state index in [2.05, 4.69) is 45.2 Å². The van der Waals surface area contributed by atoms with Gasteiger partial charge in [0.2, 0.25) is 0 Å². The van der Waals surface area contributed by atoms with Crippen LogP contribution in [0.1, 0.15) is 5.56 Å². The maximum absolute atomic E-state index is 11.1. The fourth-order valence-corrected chi connectivity index (χ4v) is 3.48. The van der Waals surface area contributed by atoms with Crippen molar-refractivity contribution in [1.82, 2.24) is 0 Å². The molecule has 0 fully saturated rings. The van der Waals surface area contributed by atoms with Gasteiger partial charge in [-0.1, -0.05) is 6.07 Å². The zero-order chi connectivity index (χ0) is 17.2. The van der Waals surface area contributed by atoms with Crippen molar-refractivity contribution in [1.29, 1.82) is 0 Å². The van der Waals surface area contributed by atoms with Gasteiger partial charge in [-0.25, -0.2) is 4.79 Å². The highest BCUT2D eigenvalue weighted by Gasteiger charge is 2.31. The van der Waals surface area contributed by atoms with Gasteiger partial charge in [0.1, 0.15) is 17.2 Å². The third-order valence-corrected chi connectivity index (χ3v) is 5.66. The molecule has 0 aliphatic heterocycles. The summed E-state index contributed by atoms with van der Waals surface area (Å²) in [5.41, 5.74) is 6.63. The van der Waals surface area contributed by atoms with Crippen molar-refractivity contribution in [2.75, 3.05) is 0 Å². The second-order valence-electron chi connectivity index (χ2n) is 4.81. The van der Waals surface area contributed by atoms with Gasteiger partial charge in [0.15, 0.2) is 3.55 Å². The van der Waals surface area contributed by atoms with Gasteiger partial charge in [-0.3, -0.25) is 0 Å². The topological polar surface area (TPSA) is 92.8 Å². The molecule has 4 N–H and O–H groups in total. The first-order valence-corrected chi connectivity index (χ1v) is 9.58. The zero-order valence-electron chi connectivity index (χ0n) is 11.6. The Hall–Kier alpha value is -0.340. The summed E-state index contributed by atoms with van der Waals surface area (Å²) in [5.74, 6) is 0.405. The minimum atomic E-state index is -1.34. The number of benzene rings is 2. The Balaban J connectivity index is 2.21. The molecule has 2 rings (SSSR count). The number of rotatable bonds is 5. The van der Waals surface area contributed by atoms with Crippen molar-refractivity contribution in [2.45, 2.75) is 9.97 Å². The van der Waals surface area contributed by atoms with Crippen LogP contribution in [0.4, 0.5) is 0 Å². The molecule has 0 spiro atoms. The summed E-state index contributed by atoms with van der Waals surface area (Å²) in [4.78, 5) is 11.1. The molecular weight excluding hydrogens is 639 g/mol. The molecule has 0 heterocycles. The lowest BCUT2D eigenvalue weighted by Gasteiger charge is -2.18. The van der Waals surface area contributed by atoms with Crippen molar-refractivity contribution in [2.24, 2.45) is 5.73 Å². The van der Waals surface area contributed by atoms with Crippen molar-refractivity contribution in [3.05, 3.63) is 49.1 Å². The number of halogens is 3. The highest BCUT2D eigenvalue weighted by atomic mass is 127. The van der Waals surface area contributed by atoms with Crippen LogP contribution in [0.15, 0.2) is 36.4 Å². The number of alkyl halides is 1. The molecule has 2 aromatic carbocycles. The predicted molar refractivity (Wildman–Crippen MR) is 112 cm³/mol. The zero-order valence-corrected chi connectivity index (χ0v) is 18.1. The molecule has 0 aliphatic carbocycles. The van der Waals surface area contributed by atoms with E-state index in [1.54, 1.807) is 46.9 Å². The number of carboxylic acid groups (broad SMARTS) is 1. The lowest BCUT2D eigenvalue weighted by Crippen LogP contribution is -2.43. The minimum Gasteiger partial charge on any atom is -0.508 e. The van der Waals surface area contributed by atoms with Gasteiger partial charge in [0, 0.05) is 9.99 Å². The van der Waals surface area contributed by atoms with Crippen LogP contribution in [-0.2, 0) is 11.2 Å². The Morgan fingerprint density at radius 2 is 1.87 bits per heavy atom. The summed E-state index contributed by atoms with van der Waals surface area (Å²) >= 11 is 5.96. The van der Waals surface area contributed by atoms with Gasteiger partial charge in [0.25, 0.3) is 0 Å². The number of phenols is 1. The lowest BCUT2D eigenvalue weighted by molar-refractivity contribution is -0.139. The SMILES string of the molecule is N[C@@](I)(Cc1ccc(Oc2ccc(O)cc2I)cc1I)C(=O)O. The maximum atomic E-state index is 11.1. The number of aromatic hydroxyl groups is 1. The average molecular weight is 651 g/mol. The Bertz CT molecular complexity index is 749. The molecule has 0 bridgehead atoms. The van der Waals surface area contributed by atoms with Gasteiger partial charge >= 0.3 is 5.97 Å². The second kappa shape index (κ2) is 7.70. The fourth-order valence-electron chi connectivity index (χ4n) is 1.79. The molecule has 0 unspecified atom stereocenters. The normalized spacial score (nSPS) is 13.4. The van der Waals surface area contributed by atoms with Crippen LogP contribution in [0.3, 0.4) is 0 Å². The number of hydrogen-bond donors (Lipinski definition) is 3. The molecule has 0 radical (unpaired) electrons. The minimum absolute atomic E-state index is 0.182. The number of phenolic OH excluding ortho intramolecular Hbond substituents is 1. The number of hydrogen-bond acceptors (Lipinski definition) is 4. The number of carbonyl (C=O) groups is 1. The summed E-state index contributed by atoms with van der Waals surface area (Å²) in [6.07, 6.45) is 0.220. The van der Waals surface area contributed by atoms with Crippen LogP contribution < -0.4 is 10.5 Å². The van der Waals surface area contributed by atoms with Crippen molar-refractivity contribution < 1.29 is 19.7 Å². The quantitative estimate of drug-likeness (QED) is 0.258. The first-order chi connectivity index (χ1) is 10.7. The molecule has 0 saturated heterocycles. The highest BCUT2D eigenvalue weighted by molar-refractivity contribution is 14.1. The van der Waals surface area contributed by atoms with Crippen LogP contribution in [0.2, 0.25) is 0 Å². The van der Waals surface area contributed by atoms with Crippen LogP contribution in [0, 0.1) is 7.14 Å². The van der Waals surface area contributed by atoms with Crippen LogP contribution in [-0.4, -0.2) is 19.7 Å². The van der Waals surface area contributed by atoms with Gasteiger partial charge in [-0.2, -0.15) is 0 Å². The molecule has 2 aromatic rings. The van der Waals surface area contributed by atoms with Crippen molar-refractivity contribution in [3.8, 4) is 17.2 Å². The van der Waals surface area contributed by atoms with Crippen LogP contribution in [0.5, 0.6) is 17.2 Å². The average Bonchev–Trinajstić information content (AvgIpc) is 2.44. The summed E-state index contributed by atoms with van der Waals surface area (Å²) in [6.45, 7) is 0. The van der Waals surface area contributed by atoms with Crippen molar-refractivity contribution in [3.63, 3.8) is 0 Å². The number of nitrogens with two attached hydrogens (primary N) is 1. The summed E-state index contributed by atoms with van der Waals surface area (Å²) in [6, 6.07) is 10.3. The van der Waals surface area contributed by atoms with E-state index in [9.17, 15) is 9.90 Å². The molecule has 5 nitrogen and oxygen atoms in total. The maximum Gasteiger partial charge on any atom is 0.334 e. The van der Waals surface area contributed by atoms with E-state index in [1.165, 1.54) is 0 Å². The molecule has 0 aromatic heterocycles. The second-order valence-corrected chi connectivity index (χ2v) is 9.06. The summed E-state index contributed by atoms with van der Waals surface area (Å²) in [7, 11) is 0. The van der Waals surface area contributed by atoms with E-state index in [1.807, 2.05) is 12.1 Å². The molecule has 0 amide bonds. The van der Waals surface area contributed by atoms with Crippen LogP contribution >= 0.6 is 67.8 Å². The highest BCUT2D eigenvalue weighted by Crippen LogP contribution is 2.31. The Morgan fingerprint density at radius 3 is 2.43 bits per heavy atom. The van der Waals surface area contributed by atoms with E-state index in [0.717, 1.165) is 12.7 Å². The van der Waals surface area contributed by atoms with E-state index in [-0.39, 0.29) is 12.2 Å². The van der Waals surface area contributed by atoms with Crippen molar-refractivity contribution >= 4 is 73.7 Å². The van der Waals surface area contributed by atoms with Crippen LogP contribution in [0.25, 0.3) is 0 Å². The lowest BCUT2D eigenvalue weighted by atomic mass is 10.1. The summed E-state index contributed by atoms with van der Waals surface area (Å²) < 4.78 is 6.13. The smallest absolute Gasteiger partial charge is 0.334 e. The third-order valence-electron chi connectivity index (χ3n) is 2.97. The monoisotopic (exact) mass is 651 g/mol. The standard InChI is InChI=1S/C15H12I3NO4/c16-11-6-10(23-13-4-2-9(20)5-12(13)17)3-1-8(11)7-15(18,19)14(21)22/h1-6,20H,7,19H2,(H,21,22)/t15-/m0/s1. The molecule has 1 atom stereocenters. The molecule has 23 heavy (non-hydrogen) atoms. The molecule has 122 valence electrons. The Morgan fingerprint density at radius 1 is 1.17 bits per heavy atom. The van der Waals surface area contributed by atoms with Gasteiger partial charge < -0.3 is 20.7 Å². The first-order valence-electron chi connectivity index (χ1n) is 6.35. The van der Waals surface area contributed by atoms with E-state index < -0.39 is 9.51 Å². The van der Waals surface area contributed by atoms with Gasteiger partial charge in [-0.15, -0.1) is 0 Å². The molecule has 8 heteroatoms. The molecule has 0 saturated carbocycles. The number of carboxylic acids is 1.